The fraction of sp³-hybridized carbons (Fsp3) is 0.750. The first-order valence-corrected chi connectivity index (χ1v) is 4.33. The van der Waals surface area contributed by atoms with Crippen LogP contribution in [0.5, 0.6) is 0 Å². The zero-order valence-electron chi connectivity index (χ0n) is 7.93. The summed E-state index contributed by atoms with van der Waals surface area (Å²) in [5.41, 5.74) is 0. The molecule has 0 saturated heterocycles. The van der Waals surface area contributed by atoms with Gasteiger partial charge in [-0.05, 0) is 6.42 Å². The number of hydrogen-bond acceptors (Lipinski definition) is 4. The maximum Gasteiger partial charge on any atom is 0.320 e. The van der Waals surface area contributed by atoms with E-state index in [1.54, 1.807) is 6.92 Å². The number of aliphatic hydroxyl groups excluding tert-OH is 1. The third-order valence-corrected chi connectivity index (χ3v) is 1.72. The molecule has 0 amide bonds. The number of carboxylic acid groups (broad SMARTS) is 2. The Balaban J connectivity index is 3.79. The Morgan fingerprint density at radius 2 is 1.93 bits per heavy atom. The molecule has 0 radical (unpaired) electrons. The average Bonchev–Trinajstić information content (AvgIpc) is 2.03. The van der Waals surface area contributed by atoms with Crippen molar-refractivity contribution >= 4 is 11.9 Å². The van der Waals surface area contributed by atoms with Crippen molar-refractivity contribution in [3.05, 3.63) is 0 Å². The fourth-order valence-electron chi connectivity index (χ4n) is 0.958. The quantitative estimate of drug-likeness (QED) is 0.436. The molecule has 0 aliphatic rings. The number of carbonyl (C=O) groups is 2. The lowest BCUT2D eigenvalue weighted by Gasteiger charge is -2.14. The van der Waals surface area contributed by atoms with Gasteiger partial charge in [-0.2, -0.15) is 0 Å². The van der Waals surface area contributed by atoms with Crippen LogP contribution in [-0.2, 0) is 9.59 Å². The van der Waals surface area contributed by atoms with Gasteiger partial charge in [0.25, 0.3) is 0 Å². The third-order valence-electron chi connectivity index (χ3n) is 1.72. The molecule has 2 atom stereocenters. The van der Waals surface area contributed by atoms with Crippen molar-refractivity contribution in [2.45, 2.75) is 31.9 Å². The summed E-state index contributed by atoms with van der Waals surface area (Å²) in [6.45, 7) is 1.66. The SMILES string of the molecule is CCC(NCC(O)CC(=O)O)C(=O)O. The van der Waals surface area contributed by atoms with Crippen molar-refractivity contribution in [1.29, 1.82) is 0 Å². The molecule has 0 rings (SSSR count). The van der Waals surface area contributed by atoms with Crippen molar-refractivity contribution in [2.24, 2.45) is 0 Å². The van der Waals surface area contributed by atoms with E-state index in [4.69, 9.17) is 15.3 Å². The van der Waals surface area contributed by atoms with Gasteiger partial charge in [0.2, 0.25) is 0 Å². The van der Waals surface area contributed by atoms with Gasteiger partial charge >= 0.3 is 11.9 Å². The molecule has 6 heteroatoms. The topological polar surface area (TPSA) is 107 Å². The molecule has 4 N–H and O–H groups in total. The number of aliphatic hydroxyl groups is 1. The highest BCUT2D eigenvalue weighted by Gasteiger charge is 2.16. The Bertz CT molecular complexity index is 206. The Hall–Kier alpha value is -1.14. The van der Waals surface area contributed by atoms with Gasteiger partial charge in [0, 0.05) is 6.54 Å². The number of hydrogen-bond donors (Lipinski definition) is 4. The van der Waals surface area contributed by atoms with Crippen molar-refractivity contribution in [2.75, 3.05) is 6.54 Å². The van der Waals surface area contributed by atoms with E-state index >= 15 is 0 Å². The van der Waals surface area contributed by atoms with E-state index in [1.807, 2.05) is 0 Å². The lowest BCUT2D eigenvalue weighted by molar-refractivity contribution is -0.139. The van der Waals surface area contributed by atoms with Crippen LogP contribution in [0.4, 0.5) is 0 Å². The summed E-state index contributed by atoms with van der Waals surface area (Å²) in [6.07, 6.45) is -1.06. The second-order valence-electron chi connectivity index (χ2n) is 2.96. The Morgan fingerprint density at radius 1 is 1.36 bits per heavy atom. The summed E-state index contributed by atoms with van der Waals surface area (Å²) in [4.78, 5) is 20.7. The van der Waals surface area contributed by atoms with E-state index in [0.717, 1.165) is 0 Å². The van der Waals surface area contributed by atoms with Crippen LogP contribution in [0.25, 0.3) is 0 Å². The first-order chi connectivity index (χ1) is 6.47. The standard InChI is InChI=1S/C8H15NO5/c1-2-6(8(13)14)9-4-5(10)3-7(11)12/h5-6,9-10H,2-4H2,1H3,(H,11,12)(H,13,14). The molecule has 0 heterocycles. The fourth-order valence-corrected chi connectivity index (χ4v) is 0.958. The smallest absolute Gasteiger partial charge is 0.320 e. The largest absolute Gasteiger partial charge is 0.481 e. The minimum absolute atomic E-state index is 0.0306. The Kier molecular flexibility index (Phi) is 5.82. The van der Waals surface area contributed by atoms with Crippen LogP contribution < -0.4 is 5.32 Å². The zero-order chi connectivity index (χ0) is 11.1. The van der Waals surface area contributed by atoms with Gasteiger partial charge in [0.1, 0.15) is 6.04 Å². The molecule has 0 spiro atoms. The van der Waals surface area contributed by atoms with E-state index < -0.39 is 24.1 Å². The highest BCUT2D eigenvalue weighted by Crippen LogP contribution is 1.94. The molecule has 2 unspecified atom stereocenters. The minimum Gasteiger partial charge on any atom is -0.481 e. The van der Waals surface area contributed by atoms with Crippen LogP contribution in [0.1, 0.15) is 19.8 Å². The molecule has 14 heavy (non-hydrogen) atoms. The predicted molar refractivity (Wildman–Crippen MR) is 48.0 cm³/mol. The first-order valence-electron chi connectivity index (χ1n) is 4.33. The van der Waals surface area contributed by atoms with Crippen molar-refractivity contribution in [3.8, 4) is 0 Å². The maximum atomic E-state index is 10.5. The van der Waals surface area contributed by atoms with Gasteiger partial charge in [0.15, 0.2) is 0 Å². The first kappa shape index (κ1) is 12.9. The number of nitrogens with one attached hydrogen (secondary N) is 1. The normalized spacial score (nSPS) is 14.7. The molecule has 0 aromatic carbocycles. The molecular formula is C8H15NO5. The van der Waals surface area contributed by atoms with Crippen LogP contribution in [0.15, 0.2) is 0 Å². The van der Waals surface area contributed by atoms with Crippen LogP contribution in [0, 0.1) is 0 Å². The summed E-state index contributed by atoms with van der Waals surface area (Å²) in [6, 6.07) is -0.738. The van der Waals surface area contributed by atoms with E-state index in [-0.39, 0.29) is 13.0 Å². The predicted octanol–water partition coefficient (Wildman–Crippen LogP) is -0.725. The van der Waals surface area contributed by atoms with Crippen LogP contribution in [0.2, 0.25) is 0 Å². The van der Waals surface area contributed by atoms with Crippen molar-refractivity contribution in [3.63, 3.8) is 0 Å². The number of rotatable bonds is 7. The molecule has 0 aromatic rings. The molecule has 0 saturated carbocycles. The van der Waals surface area contributed by atoms with Gasteiger partial charge in [-0.3, -0.25) is 9.59 Å². The van der Waals surface area contributed by atoms with Gasteiger partial charge < -0.3 is 20.6 Å². The van der Waals surface area contributed by atoms with Gasteiger partial charge in [-0.1, -0.05) is 6.92 Å². The monoisotopic (exact) mass is 205 g/mol. The second-order valence-corrected chi connectivity index (χ2v) is 2.96. The maximum absolute atomic E-state index is 10.5. The lowest BCUT2D eigenvalue weighted by atomic mass is 10.2. The van der Waals surface area contributed by atoms with E-state index in [2.05, 4.69) is 5.32 Å². The minimum atomic E-state index is -1.11. The lowest BCUT2D eigenvalue weighted by Crippen LogP contribution is -2.40. The molecule has 0 aromatic heterocycles. The molecule has 0 fully saturated rings. The molecule has 0 bridgehead atoms. The summed E-state index contributed by atoms with van der Waals surface area (Å²) < 4.78 is 0. The molecule has 0 aliphatic heterocycles. The van der Waals surface area contributed by atoms with E-state index in [0.29, 0.717) is 6.42 Å². The summed E-state index contributed by atoms with van der Waals surface area (Å²) >= 11 is 0. The summed E-state index contributed by atoms with van der Waals surface area (Å²) in [7, 11) is 0. The second kappa shape index (κ2) is 6.33. The van der Waals surface area contributed by atoms with Gasteiger partial charge in [-0.15, -0.1) is 0 Å². The van der Waals surface area contributed by atoms with Crippen LogP contribution in [-0.4, -0.2) is 45.9 Å². The Labute approximate surface area is 81.5 Å². The highest BCUT2D eigenvalue weighted by atomic mass is 16.4. The van der Waals surface area contributed by atoms with E-state index in [1.165, 1.54) is 0 Å². The molecule has 6 nitrogen and oxygen atoms in total. The van der Waals surface area contributed by atoms with Gasteiger partial charge in [0.05, 0.1) is 12.5 Å². The van der Waals surface area contributed by atoms with Crippen LogP contribution >= 0.6 is 0 Å². The molecule has 0 aliphatic carbocycles. The summed E-state index contributed by atoms with van der Waals surface area (Å²) in [5.74, 6) is -2.11. The molecular weight excluding hydrogens is 190 g/mol. The zero-order valence-corrected chi connectivity index (χ0v) is 7.93. The van der Waals surface area contributed by atoms with Crippen molar-refractivity contribution < 1.29 is 24.9 Å². The highest BCUT2D eigenvalue weighted by molar-refractivity contribution is 5.73. The Morgan fingerprint density at radius 3 is 2.29 bits per heavy atom. The summed E-state index contributed by atoms with van der Waals surface area (Å²) in [5, 5.41) is 28.6. The van der Waals surface area contributed by atoms with Gasteiger partial charge in [-0.25, -0.2) is 0 Å². The number of aliphatic carboxylic acids is 2. The van der Waals surface area contributed by atoms with Crippen LogP contribution in [0.3, 0.4) is 0 Å². The van der Waals surface area contributed by atoms with Crippen molar-refractivity contribution in [1.82, 2.24) is 5.32 Å². The third kappa shape index (κ3) is 5.50. The average molecular weight is 205 g/mol. The van der Waals surface area contributed by atoms with E-state index in [9.17, 15) is 9.59 Å². The number of carboxylic acids is 2. The molecule has 82 valence electrons.